The van der Waals surface area contributed by atoms with Crippen LogP contribution in [-0.4, -0.2) is 26.4 Å². The fraction of sp³-hybridized carbons (Fsp3) is 0.235. The van der Waals surface area contributed by atoms with Crippen molar-refractivity contribution in [3.63, 3.8) is 0 Å². The third-order valence-corrected chi connectivity index (χ3v) is 3.33. The molecule has 22 heavy (non-hydrogen) atoms. The van der Waals surface area contributed by atoms with Crippen molar-refractivity contribution in [1.82, 2.24) is 0 Å². The van der Waals surface area contributed by atoms with E-state index in [1.807, 2.05) is 24.3 Å². The molecular weight excluding hydrogens is 284 g/mol. The number of aliphatic hydroxyl groups excluding tert-OH is 1. The van der Waals surface area contributed by atoms with Gasteiger partial charge in [0.05, 0.1) is 27.9 Å². The van der Waals surface area contributed by atoms with Gasteiger partial charge in [0.25, 0.3) is 5.43 Å². The van der Waals surface area contributed by atoms with E-state index in [1.165, 1.54) is 21.3 Å². The minimum atomic E-state index is -0.383. The first-order chi connectivity index (χ1) is 10.7. The maximum absolute atomic E-state index is 12.3. The Bertz CT molecular complexity index is 725. The van der Waals surface area contributed by atoms with Crippen molar-refractivity contribution in [3.05, 3.63) is 52.2 Å². The van der Waals surface area contributed by atoms with Crippen molar-refractivity contribution >= 4 is 0 Å². The van der Waals surface area contributed by atoms with Crippen molar-refractivity contribution < 1.29 is 19.3 Å². The van der Waals surface area contributed by atoms with Crippen LogP contribution < -0.4 is 19.6 Å². The molecule has 2 aromatic rings. The summed E-state index contributed by atoms with van der Waals surface area (Å²) in [5.41, 5.74) is 1.86. The number of benzene rings is 1. The van der Waals surface area contributed by atoms with E-state index in [2.05, 4.69) is 0 Å². The number of aliphatic hydroxyl groups is 1. The molecule has 0 amide bonds. The smallest absolute Gasteiger partial charge is 0.265 e. The molecule has 0 atom stereocenters. The second-order valence-corrected chi connectivity index (χ2v) is 4.57. The molecule has 0 saturated heterocycles. The maximum Gasteiger partial charge on any atom is 0.265 e. The molecule has 0 aliphatic rings. The van der Waals surface area contributed by atoms with Gasteiger partial charge in [-0.2, -0.15) is 0 Å². The zero-order valence-corrected chi connectivity index (χ0v) is 12.8. The van der Waals surface area contributed by atoms with Crippen LogP contribution in [0.25, 0.3) is 11.1 Å². The number of rotatable bonds is 5. The normalized spacial score (nSPS) is 10.2. The Morgan fingerprint density at radius 2 is 1.68 bits per heavy atom. The van der Waals surface area contributed by atoms with Gasteiger partial charge in [-0.15, -0.1) is 0 Å². The number of methoxy groups -OCH3 is 3. The summed E-state index contributed by atoms with van der Waals surface area (Å²) in [6, 6.07) is 10.7. The first kappa shape index (κ1) is 15.9. The SMILES string of the molecule is COc1c(-c2cccc(CO)c2)ccc(OC)c(=O)c1OC. The summed E-state index contributed by atoms with van der Waals surface area (Å²) >= 11 is 0. The molecule has 5 nitrogen and oxygen atoms in total. The summed E-state index contributed by atoms with van der Waals surface area (Å²) in [7, 11) is 4.31. The monoisotopic (exact) mass is 302 g/mol. The minimum Gasteiger partial charge on any atom is -0.493 e. The Morgan fingerprint density at radius 3 is 2.27 bits per heavy atom. The van der Waals surface area contributed by atoms with Gasteiger partial charge in [0.2, 0.25) is 5.75 Å². The van der Waals surface area contributed by atoms with Crippen LogP contribution in [0.5, 0.6) is 17.2 Å². The minimum absolute atomic E-state index is 0.0671. The highest BCUT2D eigenvalue weighted by Gasteiger charge is 2.17. The third kappa shape index (κ3) is 2.89. The molecule has 1 N–H and O–H groups in total. The standard InChI is InChI=1S/C17H18O5/c1-20-14-8-7-13(12-6-4-5-11(9-12)10-18)16(21-2)17(22-3)15(14)19/h4-9,18H,10H2,1-3H3. The van der Waals surface area contributed by atoms with Crippen LogP contribution >= 0.6 is 0 Å². The molecule has 0 saturated carbocycles. The molecule has 0 bridgehead atoms. The summed E-state index contributed by atoms with van der Waals surface area (Å²) < 4.78 is 15.7. The van der Waals surface area contributed by atoms with E-state index in [0.29, 0.717) is 11.3 Å². The first-order valence-corrected chi connectivity index (χ1v) is 6.69. The summed E-state index contributed by atoms with van der Waals surface area (Å²) in [6.45, 7) is -0.0671. The average molecular weight is 302 g/mol. The highest BCUT2D eigenvalue weighted by atomic mass is 16.5. The zero-order valence-electron chi connectivity index (χ0n) is 12.8. The Balaban J connectivity index is 2.80. The number of hydrogen-bond acceptors (Lipinski definition) is 5. The molecule has 0 spiro atoms. The lowest BCUT2D eigenvalue weighted by Crippen LogP contribution is -2.07. The molecule has 0 aliphatic heterocycles. The molecule has 0 unspecified atom stereocenters. The van der Waals surface area contributed by atoms with Crippen LogP contribution in [0.3, 0.4) is 0 Å². The van der Waals surface area contributed by atoms with Gasteiger partial charge in [0.1, 0.15) is 0 Å². The first-order valence-electron chi connectivity index (χ1n) is 6.69. The van der Waals surface area contributed by atoms with Gasteiger partial charge in [-0.3, -0.25) is 4.79 Å². The van der Waals surface area contributed by atoms with Gasteiger partial charge < -0.3 is 19.3 Å². The predicted molar refractivity (Wildman–Crippen MR) is 83.7 cm³/mol. The summed E-state index contributed by atoms with van der Waals surface area (Å²) in [4.78, 5) is 12.3. The Hall–Kier alpha value is -2.53. The fourth-order valence-electron chi connectivity index (χ4n) is 2.26. The lowest BCUT2D eigenvalue weighted by molar-refractivity contribution is 0.282. The van der Waals surface area contributed by atoms with Crippen molar-refractivity contribution in [1.29, 1.82) is 0 Å². The highest BCUT2D eigenvalue weighted by molar-refractivity contribution is 5.74. The topological polar surface area (TPSA) is 65.0 Å². The van der Waals surface area contributed by atoms with E-state index < -0.39 is 0 Å². The van der Waals surface area contributed by atoms with E-state index in [-0.39, 0.29) is 23.5 Å². The van der Waals surface area contributed by atoms with E-state index in [0.717, 1.165) is 11.1 Å². The molecule has 0 fully saturated rings. The summed E-state index contributed by atoms with van der Waals surface area (Å²) in [5, 5.41) is 9.29. The maximum atomic E-state index is 12.3. The van der Waals surface area contributed by atoms with E-state index in [9.17, 15) is 9.90 Å². The van der Waals surface area contributed by atoms with Gasteiger partial charge in [0, 0.05) is 5.56 Å². The lowest BCUT2D eigenvalue weighted by Gasteiger charge is -2.10. The lowest BCUT2D eigenvalue weighted by atomic mass is 10.0. The van der Waals surface area contributed by atoms with Crippen molar-refractivity contribution in [2.75, 3.05) is 21.3 Å². The zero-order chi connectivity index (χ0) is 16.1. The second-order valence-electron chi connectivity index (χ2n) is 4.57. The molecule has 5 heteroatoms. The van der Waals surface area contributed by atoms with Gasteiger partial charge in [-0.25, -0.2) is 0 Å². The Morgan fingerprint density at radius 1 is 0.955 bits per heavy atom. The van der Waals surface area contributed by atoms with Crippen LogP contribution in [0.1, 0.15) is 5.56 Å². The Kier molecular flexibility index (Phi) is 5.01. The van der Waals surface area contributed by atoms with Crippen LogP contribution in [0.15, 0.2) is 41.2 Å². The van der Waals surface area contributed by atoms with Gasteiger partial charge in [-0.05, 0) is 29.3 Å². The van der Waals surface area contributed by atoms with E-state index >= 15 is 0 Å². The molecule has 116 valence electrons. The van der Waals surface area contributed by atoms with Crippen molar-refractivity contribution in [3.8, 4) is 28.4 Å². The summed E-state index contributed by atoms with van der Waals surface area (Å²) in [5.74, 6) is 0.569. The van der Waals surface area contributed by atoms with Crippen molar-refractivity contribution in [2.45, 2.75) is 6.61 Å². The van der Waals surface area contributed by atoms with Crippen molar-refractivity contribution in [2.24, 2.45) is 0 Å². The van der Waals surface area contributed by atoms with Crippen LogP contribution in [0, 0.1) is 0 Å². The van der Waals surface area contributed by atoms with Crippen LogP contribution in [0.2, 0.25) is 0 Å². The fourth-order valence-corrected chi connectivity index (χ4v) is 2.26. The van der Waals surface area contributed by atoms with Crippen LogP contribution in [0.4, 0.5) is 0 Å². The number of ether oxygens (including phenoxy) is 3. The molecule has 0 aliphatic carbocycles. The van der Waals surface area contributed by atoms with Gasteiger partial charge in [0.15, 0.2) is 11.5 Å². The van der Waals surface area contributed by atoms with Crippen LogP contribution in [-0.2, 0) is 6.61 Å². The average Bonchev–Trinajstić information content (AvgIpc) is 2.70. The van der Waals surface area contributed by atoms with Gasteiger partial charge in [-0.1, -0.05) is 18.2 Å². The third-order valence-electron chi connectivity index (χ3n) is 3.33. The molecule has 0 aromatic heterocycles. The van der Waals surface area contributed by atoms with E-state index in [4.69, 9.17) is 14.2 Å². The molecular formula is C17H18O5. The number of hydrogen-bond donors (Lipinski definition) is 1. The summed E-state index contributed by atoms with van der Waals surface area (Å²) in [6.07, 6.45) is 0. The second kappa shape index (κ2) is 6.95. The largest absolute Gasteiger partial charge is 0.493 e. The molecule has 2 rings (SSSR count). The Labute approximate surface area is 128 Å². The highest BCUT2D eigenvalue weighted by Crippen LogP contribution is 2.36. The molecule has 2 aromatic carbocycles. The molecule has 0 heterocycles. The quantitative estimate of drug-likeness (QED) is 0.917. The van der Waals surface area contributed by atoms with E-state index in [1.54, 1.807) is 12.1 Å². The van der Waals surface area contributed by atoms with Gasteiger partial charge >= 0.3 is 0 Å². The molecule has 0 radical (unpaired) electrons. The predicted octanol–water partition coefficient (Wildman–Crippen LogP) is 2.23.